The molecule has 0 fully saturated rings. The van der Waals surface area contributed by atoms with Gasteiger partial charge in [-0.25, -0.2) is 8.78 Å². The Balaban J connectivity index is 2.03. The van der Waals surface area contributed by atoms with Gasteiger partial charge >= 0.3 is 0 Å². The van der Waals surface area contributed by atoms with Crippen LogP contribution in [-0.2, 0) is 4.79 Å². The molecular formula is C21H26F2N2O3. The number of benzene rings is 2. The van der Waals surface area contributed by atoms with Crippen LogP contribution in [0, 0.1) is 11.6 Å². The maximum atomic E-state index is 13.5. The standard InChI is InChI=1S/C21H26F2N2O3/c1-13(17-11-16(27-4)7-9-20(17)28-5)24-21(26)12-25(3)14(2)15-6-8-18(22)19(23)10-15/h6-11,13-14H,12H2,1-5H3,(H,24,26). The molecule has 0 aliphatic carbocycles. The Morgan fingerprint density at radius 3 is 2.39 bits per heavy atom. The molecule has 0 heterocycles. The first-order chi connectivity index (χ1) is 13.3. The molecule has 1 amide bonds. The third-order valence-electron chi connectivity index (χ3n) is 4.76. The minimum Gasteiger partial charge on any atom is -0.497 e. The summed E-state index contributed by atoms with van der Waals surface area (Å²) in [6.45, 7) is 3.78. The average molecular weight is 392 g/mol. The lowest BCUT2D eigenvalue weighted by Gasteiger charge is -2.26. The predicted octanol–water partition coefficient (Wildman–Crippen LogP) is 3.85. The van der Waals surface area contributed by atoms with Crippen LogP contribution in [0.5, 0.6) is 11.5 Å². The van der Waals surface area contributed by atoms with Gasteiger partial charge in [-0.05, 0) is 56.8 Å². The highest BCUT2D eigenvalue weighted by molar-refractivity contribution is 5.78. The smallest absolute Gasteiger partial charge is 0.234 e. The van der Waals surface area contributed by atoms with Gasteiger partial charge in [0.2, 0.25) is 5.91 Å². The van der Waals surface area contributed by atoms with Crippen LogP contribution in [0.25, 0.3) is 0 Å². The third-order valence-corrected chi connectivity index (χ3v) is 4.76. The Labute approximate surface area is 164 Å². The molecule has 5 nitrogen and oxygen atoms in total. The van der Waals surface area contributed by atoms with E-state index in [0.717, 1.165) is 17.7 Å². The summed E-state index contributed by atoms with van der Waals surface area (Å²) >= 11 is 0. The van der Waals surface area contributed by atoms with Crippen molar-refractivity contribution in [3.05, 3.63) is 59.2 Å². The molecule has 0 aliphatic heterocycles. The topological polar surface area (TPSA) is 50.8 Å². The van der Waals surface area contributed by atoms with Crippen LogP contribution in [0.4, 0.5) is 8.78 Å². The van der Waals surface area contributed by atoms with E-state index < -0.39 is 11.6 Å². The lowest BCUT2D eigenvalue weighted by molar-refractivity contribution is -0.123. The van der Waals surface area contributed by atoms with Gasteiger partial charge in [-0.2, -0.15) is 0 Å². The van der Waals surface area contributed by atoms with Gasteiger partial charge < -0.3 is 14.8 Å². The number of methoxy groups -OCH3 is 2. The van der Waals surface area contributed by atoms with Crippen LogP contribution in [0.1, 0.15) is 37.1 Å². The number of amides is 1. The van der Waals surface area contributed by atoms with Crippen LogP contribution < -0.4 is 14.8 Å². The van der Waals surface area contributed by atoms with Crippen LogP contribution >= 0.6 is 0 Å². The molecule has 2 unspecified atom stereocenters. The highest BCUT2D eigenvalue weighted by Gasteiger charge is 2.19. The fourth-order valence-electron chi connectivity index (χ4n) is 2.93. The number of ether oxygens (including phenoxy) is 2. The third kappa shape index (κ3) is 5.19. The van der Waals surface area contributed by atoms with Gasteiger partial charge in [-0.1, -0.05) is 6.07 Å². The first kappa shape index (κ1) is 21.6. The number of carbonyl (C=O) groups excluding carboxylic acids is 1. The van der Waals surface area contributed by atoms with Crippen LogP contribution in [0.3, 0.4) is 0 Å². The van der Waals surface area contributed by atoms with Crippen molar-refractivity contribution in [2.45, 2.75) is 25.9 Å². The lowest BCUT2D eigenvalue weighted by atomic mass is 10.1. The van der Waals surface area contributed by atoms with E-state index in [1.165, 1.54) is 6.07 Å². The molecule has 2 atom stereocenters. The minimum absolute atomic E-state index is 0.0940. The molecule has 0 spiro atoms. The number of carbonyl (C=O) groups is 1. The molecule has 0 saturated carbocycles. The van der Waals surface area contributed by atoms with Gasteiger partial charge in [0, 0.05) is 11.6 Å². The number of hydrogen-bond donors (Lipinski definition) is 1. The van der Waals surface area contributed by atoms with E-state index in [-0.39, 0.29) is 24.5 Å². The van der Waals surface area contributed by atoms with Gasteiger partial charge in [-0.15, -0.1) is 0 Å². The van der Waals surface area contributed by atoms with Crippen molar-refractivity contribution < 1.29 is 23.0 Å². The summed E-state index contributed by atoms with van der Waals surface area (Å²) in [4.78, 5) is 14.3. The number of hydrogen-bond acceptors (Lipinski definition) is 4. The number of rotatable bonds is 8. The monoisotopic (exact) mass is 392 g/mol. The van der Waals surface area contributed by atoms with E-state index in [1.807, 2.05) is 19.9 Å². The van der Waals surface area contributed by atoms with E-state index in [0.29, 0.717) is 17.1 Å². The SMILES string of the molecule is COc1ccc(OC)c(C(C)NC(=O)CN(C)C(C)c2ccc(F)c(F)c2)c1. The van der Waals surface area contributed by atoms with E-state index in [2.05, 4.69) is 5.32 Å². The number of likely N-dealkylation sites (N-methyl/N-ethyl adjacent to an activating group) is 1. The summed E-state index contributed by atoms with van der Waals surface area (Å²) in [6, 6.07) is 8.58. The van der Waals surface area contributed by atoms with E-state index in [9.17, 15) is 13.6 Å². The highest BCUT2D eigenvalue weighted by atomic mass is 19.2. The first-order valence-corrected chi connectivity index (χ1v) is 8.93. The molecule has 2 aromatic rings. The summed E-state index contributed by atoms with van der Waals surface area (Å²) in [6.07, 6.45) is 0. The second kappa shape index (κ2) is 9.50. The minimum atomic E-state index is -0.902. The quantitative estimate of drug-likeness (QED) is 0.741. The van der Waals surface area contributed by atoms with Crippen molar-refractivity contribution in [3.63, 3.8) is 0 Å². The zero-order valence-corrected chi connectivity index (χ0v) is 16.8. The van der Waals surface area contributed by atoms with Crippen molar-refractivity contribution in [3.8, 4) is 11.5 Å². The van der Waals surface area contributed by atoms with Gasteiger partial charge in [-0.3, -0.25) is 9.69 Å². The van der Waals surface area contributed by atoms with E-state index in [4.69, 9.17) is 9.47 Å². The van der Waals surface area contributed by atoms with Crippen LogP contribution in [0.15, 0.2) is 36.4 Å². The van der Waals surface area contributed by atoms with Gasteiger partial charge in [0.1, 0.15) is 11.5 Å². The molecule has 1 N–H and O–H groups in total. The lowest BCUT2D eigenvalue weighted by Crippen LogP contribution is -2.37. The summed E-state index contributed by atoms with van der Waals surface area (Å²) in [7, 11) is 4.89. The maximum Gasteiger partial charge on any atom is 0.234 e. The largest absolute Gasteiger partial charge is 0.497 e. The highest BCUT2D eigenvalue weighted by Crippen LogP contribution is 2.29. The van der Waals surface area contributed by atoms with Crippen molar-refractivity contribution in [2.75, 3.05) is 27.8 Å². The Hall–Kier alpha value is -2.67. The number of nitrogens with zero attached hydrogens (tertiary/aromatic N) is 1. The molecule has 0 aromatic heterocycles. The number of nitrogens with one attached hydrogen (secondary N) is 1. The van der Waals surface area contributed by atoms with Crippen LogP contribution in [-0.4, -0.2) is 38.6 Å². The molecule has 0 radical (unpaired) electrons. The first-order valence-electron chi connectivity index (χ1n) is 8.93. The molecule has 7 heteroatoms. The van der Waals surface area contributed by atoms with Gasteiger partial charge in [0.05, 0.1) is 26.8 Å². The Kier molecular flexibility index (Phi) is 7.34. The molecule has 2 aromatic carbocycles. The van der Waals surface area contributed by atoms with Crippen molar-refractivity contribution in [2.24, 2.45) is 0 Å². The van der Waals surface area contributed by atoms with Gasteiger partial charge in [0.25, 0.3) is 0 Å². The molecule has 152 valence electrons. The summed E-state index contributed by atoms with van der Waals surface area (Å²) < 4.78 is 37.2. The summed E-state index contributed by atoms with van der Waals surface area (Å²) in [5.41, 5.74) is 1.39. The fourth-order valence-corrected chi connectivity index (χ4v) is 2.93. The Morgan fingerprint density at radius 1 is 1.07 bits per heavy atom. The molecule has 0 bridgehead atoms. The van der Waals surface area contributed by atoms with Crippen molar-refractivity contribution in [1.82, 2.24) is 10.2 Å². The maximum absolute atomic E-state index is 13.5. The zero-order chi connectivity index (χ0) is 20.8. The van der Waals surface area contributed by atoms with Crippen molar-refractivity contribution >= 4 is 5.91 Å². The predicted molar refractivity (Wildman–Crippen MR) is 104 cm³/mol. The van der Waals surface area contributed by atoms with Gasteiger partial charge in [0.15, 0.2) is 11.6 Å². The molecule has 28 heavy (non-hydrogen) atoms. The van der Waals surface area contributed by atoms with E-state index in [1.54, 1.807) is 38.3 Å². The molecule has 0 saturated heterocycles. The second-order valence-electron chi connectivity index (χ2n) is 6.66. The number of halogens is 2. The summed E-state index contributed by atoms with van der Waals surface area (Å²) in [5.74, 6) is -0.675. The van der Waals surface area contributed by atoms with E-state index >= 15 is 0 Å². The Morgan fingerprint density at radius 2 is 1.79 bits per heavy atom. The molecular weight excluding hydrogens is 366 g/mol. The zero-order valence-electron chi connectivity index (χ0n) is 16.8. The second-order valence-corrected chi connectivity index (χ2v) is 6.66. The molecule has 0 aliphatic rings. The average Bonchev–Trinajstić information content (AvgIpc) is 2.68. The molecule has 2 rings (SSSR count). The Bertz CT molecular complexity index is 829. The summed E-state index contributed by atoms with van der Waals surface area (Å²) in [5, 5.41) is 2.93. The van der Waals surface area contributed by atoms with Crippen LogP contribution in [0.2, 0.25) is 0 Å². The van der Waals surface area contributed by atoms with Crippen molar-refractivity contribution in [1.29, 1.82) is 0 Å². The normalized spacial score (nSPS) is 13.1. The fraction of sp³-hybridized carbons (Fsp3) is 0.381.